The molecule has 0 aliphatic carbocycles. The Kier molecular flexibility index (Phi) is 4.53. The molecule has 0 bridgehead atoms. The van der Waals surface area contributed by atoms with Crippen LogP contribution in [0.3, 0.4) is 0 Å². The van der Waals surface area contributed by atoms with Gasteiger partial charge in [0, 0.05) is 0 Å². The van der Waals surface area contributed by atoms with Crippen molar-refractivity contribution in [3.63, 3.8) is 0 Å². The number of allylic oxidation sites excluding steroid dienone is 1. The largest absolute Gasteiger partial charge is 0.481 e. The molecule has 0 aliphatic heterocycles. The van der Waals surface area contributed by atoms with Gasteiger partial charge in [-0.1, -0.05) is 49.4 Å². The zero-order valence-electron chi connectivity index (χ0n) is 9.69. The fraction of sp³-hybridized carbons (Fsp3) is 0.308. The maximum Gasteiger partial charge on any atom is 0.402 e. The molecule has 0 spiro atoms. The molecule has 2 atom stereocenters. The number of carboxylic acids is 1. The van der Waals surface area contributed by atoms with Crippen molar-refractivity contribution in [1.29, 1.82) is 0 Å². The first-order chi connectivity index (χ1) is 8.32. The highest BCUT2D eigenvalue weighted by molar-refractivity contribution is 5.72. The van der Waals surface area contributed by atoms with Gasteiger partial charge >= 0.3 is 12.1 Å². The lowest BCUT2D eigenvalue weighted by atomic mass is 9.92. The fourth-order valence-corrected chi connectivity index (χ4v) is 1.60. The van der Waals surface area contributed by atoms with Crippen molar-refractivity contribution in [2.45, 2.75) is 13.1 Å². The molecule has 1 aromatic rings. The lowest BCUT2D eigenvalue weighted by Crippen LogP contribution is -2.35. The van der Waals surface area contributed by atoms with Crippen molar-refractivity contribution >= 4 is 12.0 Å². The Balaban J connectivity index is 2.83. The van der Waals surface area contributed by atoms with Crippen LogP contribution in [0.2, 0.25) is 0 Å². The van der Waals surface area contributed by atoms with Crippen LogP contribution in [0.25, 0.3) is 6.08 Å². The van der Waals surface area contributed by atoms with Crippen LogP contribution in [0.5, 0.6) is 0 Å². The third kappa shape index (κ3) is 3.91. The summed E-state index contributed by atoms with van der Waals surface area (Å²) in [6.07, 6.45) is -1.99. The summed E-state index contributed by atoms with van der Waals surface area (Å²) >= 11 is 0. The van der Waals surface area contributed by atoms with E-state index in [9.17, 15) is 18.0 Å². The van der Waals surface area contributed by atoms with Gasteiger partial charge in [0.15, 0.2) is 5.92 Å². The second-order valence-electron chi connectivity index (χ2n) is 3.99. The smallest absolute Gasteiger partial charge is 0.402 e. The monoisotopic (exact) mass is 258 g/mol. The van der Waals surface area contributed by atoms with E-state index in [1.807, 2.05) is 0 Å². The van der Waals surface area contributed by atoms with Crippen molar-refractivity contribution in [2.24, 2.45) is 11.8 Å². The molecule has 5 heteroatoms. The van der Waals surface area contributed by atoms with Crippen LogP contribution in [0.4, 0.5) is 13.2 Å². The SMILES string of the molecule is CC(/C=C/c1ccccc1)C(C(=O)O)C(F)(F)F. The van der Waals surface area contributed by atoms with Crippen molar-refractivity contribution in [1.82, 2.24) is 0 Å². The van der Waals surface area contributed by atoms with Crippen LogP contribution in [-0.2, 0) is 4.79 Å². The van der Waals surface area contributed by atoms with Gasteiger partial charge in [-0.25, -0.2) is 0 Å². The van der Waals surface area contributed by atoms with Crippen LogP contribution in [0.1, 0.15) is 12.5 Å². The highest BCUT2D eigenvalue weighted by Crippen LogP contribution is 2.33. The first-order valence-corrected chi connectivity index (χ1v) is 5.35. The molecule has 2 unspecified atom stereocenters. The predicted octanol–water partition coefficient (Wildman–Crippen LogP) is 3.60. The maximum absolute atomic E-state index is 12.5. The van der Waals surface area contributed by atoms with Crippen LogP contribution in [0, 0.1) is 11.8 Å². The molecule has 98 valence electrons. The fourth-order valence-electron chi connectivity index (χ4n) is 1.60. The topological polar surface area (TPSA) is 37.3 Å². The highest BCUT2D eigenvalue weighted by atomic mass is 19.4. The van der Waals surface area contributed by atoms with Crippen molar-refractivity contribution in [2.75, 3.05) is 0 Å². The van der Waals surface area contributed by atoms with Gasteiger partial charge in [0.25, 0.3) is 0 Å². The first kappa shape index (κ1) is 14.3. The van der Waals surface area contributed by atoms with Gasteiger partial charge in [0.2, 0.25) is 0 Å². The summed E-state index contributed by atoms with van der Waals surface area (Å²) in [4.78, 5) is 10.6. The van der Waals surface area contributed by atoms with Crippen LogP contribution < -0.4 is 0 Å². The molecule has 0 saturated heterocycles. The van der Waals surface area contributed by atoms with Gasteiger partial charge in [0.1, 0.15) is 0 Å². The molecule has 0 saturated carbocycles. The van der Waals surface area contributed by atoms with E-state index < -0.39 is 24.0 Å². The van der Waals surface area contributed by atoms with Gasteiger partial charge in [-0.05, 0) is 11.5 Å². The molecule has 0 amide bonds. The molecule has 1 aromatic carbocycles. The molecule has 0 fully saturated rings. The Bertz CT molecular complexity index is 424. The van der Waals surface area contributed by atoms with E-state index in [-0.39, 0.29) is 0 Å². The summed E-state index contributed by atoms with van der Waals surface area (Å²) in [5.41, 5.74) is 0.732. The summed E-state index contributed by atoms with van der Waals surface area (Å²) in [7, 11) is 0. The molecule has 0 heterocycles. The van der Waals surface area contributed by atoms with E-state index >= 15 is 0 Å². The summed E-state index contributed by atoms with van der Waals surface area (Å²) in [6.45, 7) is 1.24. The van der Waals surface area contributed by atoms with Gasteiger partial charge in [-0.15, -0.1) is 0 Å². The second kappa shape index (κ2) is 5.71. The van der Waals surface area contributed by atoms with E-state index in [4.69, 9.17) is 5.11 Å². The molecule has 18 heavy (non-hydrogen) atoms. The molecule has 1 N–H and O–H groups in total. The zero-order chi connectivity index (χ0) is 13.8. The number of aliphatic carboxylic acids is 1. The van der Waals surface area contributed by atoms with E-state index in [0.29, 0.717) is 0 Å². The number of hydrogen-bond donors (Lipinski definition) is 1. The number of halogens is 3. The Hall–Kier alpha value is -1.78. The lowest BCUT2D eigenvalue weighted by Gasteiger charge is -2.20. The lowest BCUT2D eigenvalue weighted by molar-refractivity contribution is -0.199. The minimum Gasteiger partial charge on any atom is -0.481 e. The number of hydrogen-bond acceptors (Lipinski definition) is 1. The first-order valence-electron chi connectivity index (χ1n) is 5.35. The van der Waals surface area contributed by atoms with E-state index in [2.05, 4.69) is 0 Å². The second-order valence-corrected chi connectivity index (χ2v) is 3.99. The molecule has 0 aliphatic rings. The maximum atomic E-state index is 12.5. The van der Waals surface area contributed by atoms with E-state index in [1.165, 1.54) is 19.1 Å². The molecule has 0 aromatic heterocycles. The van der Waals surface area contributed by atoms with Gasteiger partial charge in [-0.3, -0.25) is 4.79 Å². The third-order valence-corrected chi connectivity index (χ3v) is 2.54. The predicted molar refractivity (Wildman–Crippen MR) is 61.8 cm³/mol. The Labute approximate surface area is 103 Å². The molecule has 1 rings (SSSR count). The molecular weight excluding hydrogens is 245 g/mol. The van der Waals surface area contributed by atoms with Gasteiger partial charge < -0.3 is 5.11 Å². The van der Waals surface area contributed by atoms with Crippen LogP contribution in [0.15, 0.2) is 36.4 Å². The quantitative estimate of drug-likeness (QED) is 0.895. The average Bonchev–Trinajstić information content (AvgIpc) is 2.25. The minimum absolute atomic E-state index is 0.732. The highest BCUT2D eigenvalue weighted by Gasteiger charge is 2.47. The van der Waals surface area contributed by atoms with Gasteiger partial charge in [0.05, 0.1) is 0 Å². The number of benzene rings is 1. The summed E-state index contributed by atoms with van der Waals surface area (Å²) in [5, 5.41) is 8.62. The average molecular weight is 258 g/mol. The number of carboxylic acid groups (broad SMARTS) is 1. The van der Waals surface area contributed by atoms with Crippen molar-refractivity contribution in [3.8, 4) is 0 Å². The summed E-state index contributed by atoms with van der Waals surface area (Å²) in [5.74, 6) is -5.35. The normalized spacial score (nSPS) is 15.6. The minimum atomic E-state index is -4.74. The van der Waals surface area contributed by atoms with E-state index in [1.54, 1.807) is 30.3 Å². The zero-order valence-corrected chi connectivity index (χ0v) is 9.69. The summed E-state index contributed by atoms with van der Waals surface area (Å²) < 4.78 is 37.6. The Morgan fingerprint density at radius 2 is 1.83 bits per heavy atom. The molecule has 2 nitrogen and oxygen atoms in total. The van der Waals surface area contributed by atoms with Crippen molar-refractivity contribution in [3.05, 3.63) is 42.0 Å². The van der Waals surface area contributed by atoms with Crippen molar-refractivity contribution < 1.29 is 23.1 Å². The third-order valence-electron chi connectivity index (χ3n) is 2.54. The van der Waals surface area contributed by atoms with E-state index in [0.717, 1.165) is 5.56 Å². The number of rotatable bonds is 4. The molecular formula is C13H13F3O2. The number of carbonyl (C=O) groups is 1. The standard InChI is InChI=1S/C13H13F3O2/c1-9(11(12(17)18)13(14,15)16)7-8-10-5-3-2-4-6-10/h2-9,11H,1H3,(H,17,18)/b8-7+. The van der Waals surface area contributed by atoms with Crippen LogP contribution >= 0.6 is 0 Å². The summed E-state index contributed by atoms with van der Waals surface area (Å²) in [6, 6.07) is 8.75. The number of alkyl halides is 3. The molecule has 0 radical (unpaired) electrons. The van der Waals surface area contributed by atoms with Gasteiger partial charge in [-0.2, -0.15) is 13.2 Å². The Morgan fingerprint density at radius 3 is 2.28 bits per heavy atom. The van der Waals surface area contributed by atoms with Crippen LogP contribution in [-0.4, -0.2) is 17.3 Å². The Morgan fingerprint density at radius 1 is 1.28 bits per heavy atom.